The normalized spacial score (nSPS) is 19.8. The number of amides is 3. The fourth-order valence-corrected chi connectivity index (χ4v) is 4.67. The summed E-state index contributed by atoms with van der Waals surface area (Å²) in [5.74, 6) is -1.34. The van der Waals surface area contributed by atoms with Crippen LogP contribution in [-0.2, 0) is 19.1 Å². The lowest BCUT2D eigenvalue weighted by Gasteiger charge is -2.42. The highest BCUT2D eigenvalue weighted by molar-refractivity contribution is 5.96. The molecule has 2 unspecified atom stereocenters. The summed E-state index contributed by atoms with van der Waals surface area (Å²) in [7, 11) is 5.11. The lowest BCUT2D eigenvalue weighted by Crippen LogP contribution is -2.63. The standard InChI is InChI=1S/C25H36N4O5/c1-17(25(33)34-4)26-22(30)21-16-28(23(31)19-10-12-20(13-11-19)27(2)3)14-15-29(21)24(32)18-8-6-5-7-9-18/h10-13,17-18,21H,5-9,14-16H2,1-4H3,(H,26,30). The maximum absolute atomic E-state index is 13.3. The van der Waals surface area contributed by atoms with E-state index in [1.54, 1.807) is 21.9 Å². The number of rotatable bonds is 6. The Morgan fingerprint density at radius 2 is 1.68 bits per heavy atom. The van der Waals surface area contributed by atoms with Gasteiger partial charge in [0.2, 0.25) is 11.8 Å². The highest BCUT2D eigenvalue weighted by atomic mass is 16.5. The minimum Gasteiger partial charge on any atom is -0.467 e. The van der Waals surface area contributed by atoms with Gasteiger partial charge < -0.3 is 24.8 Å². The van der Waals surface area contributed by atoms with Crippen LogP contribution in [0.5, 0.6) is 0 Å². The van der Waals surface area contributed by atoms with E-state index in [9.17, 15) is 19.2 Å². The molecular formula is C25H36N4O5. The molecule has 1 saturated heterocycles. The molecule has 1 N–H and O–H groups in total. The molecule has 3 amide bonds. The number of carbonyl (C=O) groups is 4. The van der Waals surface area contributed by atoms with Crippen molar-refractivity contribution in [3.63, 3.8) is 0 Å². The number of anilines is 1. The SMILES string of the molecule is COC(=O)C(C)NC(=O)C1CN(C(=O)c2ccc(N(C)C)cc2)CCN1C(=O)C1CCCCC1. The van der Waals surface area contributed by atoms with Crippen molar-refractivity contribution in [3.05, 3.63) is 29.8 Å². The van der Waals surface area contributed by atoms with E-state index in [0.29, 0.717) is 12.1 Å². The Balaban J connectivity index is 1.78. The highest BCUT2D eigenvalue weighted by Gasteiger charge is 2.40. The van der Waals surface area contributed by atoms with Crippen LogP contribution >= 0.6 is 0 Å². The number of benzene rings is 1. The molecule has 0 bridgehead atoms. The first kappa shape index (κ1) is 25.5. The van der Waals surface area contributed by atoms with Crippen molar-refractivity contribution in [2.75, 3.05) is 45.7 Å². The molecule has 1 heterocycles. The molecule has 2 atom stereocenters. The molecule has 2 fully saturated rings. The third-order valence-electron chi connectivity index (χ3n) is 6.75. The average Bonchev–Trinajstić information content (AvgIpc) is 2.87. The number of esters is 1. The second-order valence-corrected chi connectivity index (χ2v) is 9.33. The molecule has 2 aliphatic rings. The van der Waals surface area contributed by atoms with Gasteiger partial charge in [0, 0.05) is 44.4 Å². The number of methoxy groups -OCH3 is 1. The molecule has 1 aliphatic carbocycles. The molecule has 1 aliphatic heterocycles. The second-order valence-electron chi connectivity index (χ2n) is 9.33. The summed E-state index contributed by atoms with van der Waals surface area (Å²) < 4.78 is 4.71. The van der Waals surface area contributed by atoms with Gasteiger partial charge in [-0.2, -0.15) is 0 Å². The number of ether oxygens (including phenoxy) is 1. The van der Waals surface area contributed by atoms with Crippen LogP contribution in [0.4, 0.5) is 5.69 Å². The number of nitrogens with one attached hydrogen (secondary N) is 1. The summed E-state index contributed by atoms with van der Waals surface area (Å²) in [6, 6.07) is 5.57. The van der Waals surface area contributed by atoms with Crippen molar-refractivity contribution in [3.8, 4) is 0 Å². The molecule has 0 aromatic heterocycles. The molecule has 1 aromatic rings. The van der Waals surface area contributed by atoms with Crippen LogP contribution in [0, 0.1) is 5.92 Å². The minimum absolute atomic E-state index is 0.0343. The van der Waals surface area contributed by atoms with Crippen LogP contribution in [0.1, 0.15) is 49.4 Å². The molecule has 0 spiro atoms. The fourth-order valence-electron chi connectivity index (χ4n) is 4.67. The van der Waals surface area contributed by atoms with Gasteiger partial charge in [0.15, 0.2) is 0 Å². The predicted molar refractivity (Wildman–Crippen MR) is 128 cm³/mol. The predicted octanol–water partition coefficient (Wildman–Crippen LogP) is 1.66. The molecule has 1 aromatic carbocycles. The first-order valence-electron chi connectivity index (χ1n) is 12.0. The van der Waals surface area contributed by atoms with Crippen LogP contribution < -0.4 is 10.2 Å². The smallest absolute Gasteiger partial charge is 0.328 e. The maximum Gasteiger partial charge on any atom is 0.328 e. The van der Waals surface area contributed by atoms with E-state index in [1.165, 1.54) is 14.0 Å². The zero-order valence-corrected chi connectivity index (χ0v) is 20.6. The molecule has 0 radical (unpaired) electrons. The first-order chi connectivity index (χ1) is 16.2. The summed E-state index contributed by atoms with van der Waals surface area (Å²) in [6.45, 7) is 2.24. The Kier molecular flexibility index (Phi) is 8.52. The van der Waals surface area contributed by atoms with Gasteiger partial charge in [0.25, 0.3) is 5.91 Å². The molecule has 9 heteroatoms. The van der Waals surface area contributed by atoms with Crippen LogP contribution in [0.15, 0.2) is 24.3 Å². The quantitative estimate of drug-likeness (QED) is 0.633. The first-order valence-corrected chi connectivity index (χ1v) is 12.0. The largest absolute Gasteiger partial charge is 0.467 e. The van der Waals surface area contributed by atoms with E-state index >= 15 is 0 Å². The number of piperazine rings is 1. The molecule has 186 valence electrons. The van der Waals surface area contributed by atoms with Gasteiger partial charge >= 0.3 is 5.97 Å². The molecule has 9 nitrogen and oxygen atoms in total. The topological polar surface area (TPSA) is 99.3 Å². The van der Waals surface area contributed by atoms with Crippen molar-refractivity contribution >= 4 is 29.4 Å². The van der Waals surface area contributed by atoms with Gasteiger partial charge in [0.05, 0.1) is 13.7 Å². The fraction of sp³-hybridized carbons (Fsp3) is 0.600. The van der Waals surface area contributed by atoms with Crippen molar-refractivity contribution < 1.29 is 23.9 Å². The van der Waals surface area contributed by atoms with Crippen molar-refractivity contribution in [1.29, 1.82) is 0 Å². The number of hydrogen-bond donors (Lipinski definition) is 1. The van der Waals surface area contributed by atoms with Gasteiger partial charge in [-0.1, -0.05) is 19.3 Å². The van der Waals surface area contributed by atoms with E-state index in [0.717, 1.165) is 37.8 Å². The monoisotopic (exact) mass is 472 g/mol. The zero-order valence-electron chi connectivity index (χ0n) is 20.6. The summed E-state index contributed by atoms with van der Waals surface area (Å²) in [4.78, 5) is 56.7. The second kappa shape index (κ2) is 11.4. The summed E-state index contributed by atoms with van der Waals surface area (Å²) in [6.07, 6.45) is 4.79. The van der Waals surface area contributed by atoms with Gasteiger partial charge in [-0.3, -0.25) is 14.4 Å². The Morgan fingerprint density at radius 3 is 2.26 bits per heavy atom. The summed E-state index contributed by atoms with van der Waals surface area (Å²) in [5.41, 5.74) is 1.51. The van der Waals surface area contributed by atoms with Gasteiger partial charge in [-0.25, -0.2) is 4.79 Å². The maximum atomic E-state index is 13.3. The van der Waals surface area contributed by atoms with E-state index < -0.39 is 24.0 Å². The number of carbonyl (C=O) groups excluding carboxylic acids is 4. The number of hydrogen-bond acceptors (Lipinski definition) is 6. The lowest BCUT2D eigenvalue weighted by molar-refractivity contribution is -0.149. The average molecular weight is 473 g/mol. The summed E-state index contributed by atoms with van der Waals surface area (Å²) >= 11 is 0. The van der Waals surface area contributed by atoms with Crippen LogP contribution in [0.25, 0.3) is 0 Å². The molecule has 1 saturated carbocycles. The van der Waals surface area contributed by atoms with Gasteiger partial charge in [-0.05, 0) is 44.0 Å². The molecule has 3 rings (SSSR count). The van der Waals surface area contributed by atoms with Crippen LogP contribution in [-0.4, -0.2) is 86.4 Å². The van der Waals surface area contributed by atoms with Crippen LogP contribution in [0.3, 0.4) is 0 Å². The molecular weight excluding hydrogens is 436 g/mol. The van der Waals surface area contributed by atoms with Gasteiger partial charge in [-0.15, -0.1) is 0 Å². The lowest BCUT2D eigenvalue weighted by atomic mass is 9.87. The third-order valence-corrected chi connectivity index (χ3v) is 6.75. The van der Waals surface area contributed by atoms with Crippen molar-refractivity contribution in [1.82, 2.24) is 15.1 Å². The third kappa shape index (κ3) is 5.87. The Bertz CT molecular complexity index is 895. The van der Waals surface area contributed by atoms with Crippen molar-refractivity contribution in [2.45, 2.75) is 51.1 Å². The van der Waals surface area contributed by atoms with Gasteiger partial charge in [0.1, 0.15) is 12.1 Å². The Hall–Kier alpha value is -3.10. The zero-order chi connectivity index (χ0) is 24.8. The van der Waals surface area contributed by atoms with E-state index in [-0.39, 0.29) is 30.8 Å². The summed E-state index contributed by atoms with van der Waals surface area (Å²) in [5, 5.41) is 2.66. The van der Waals surface area contributed by atoms with Crippen LogP contribution in [0.2, 0.25) is 0 Å². The highest BCUT2D eigenvalue weighted by Crippen LogP contribution is 2.27. The molecule has 34 heavy (non-hydrogen) atoms. The van der Waals surface area contributed by atoms with E-state index in [2.05, 4.69) is 5.32 Å². The Morgan fingerprint density at radius 1 is 1.03 bits per heavy atom. The minimum atomic E-state index is -0.861. The Labute approximate surface area is 201 Å². The van der Waals surface area contributed by atoms with Crippen molar-refractivity contribution in [2.24, 2.45) is 5.92 Å². The number of nitrogens with zero attached hydrogens (tertiary/aromatic N) is 3. The van der Waals surface area contributed by atoms with E-state index in [4.69, 9.17) is 4.74 Å². The van der Waals surface area contributed by atoms with E-state index in [1.807, 2.05) is 31.1 Å².